The first-order chi connectivity index (χ1) is 8.41. The van der Waals surface area contributed by atoms with E-state index in [4.69, 9.17) is 0 Å². The summed E-state index contributed by atoms with van der Waals surface area (Å²) in [4.78, 5) is 1.48. The van der Waals surface area contributed by atoms with E-state index in [1.807, 2.05) is 11.3 Å². The molecule has 0 unspecified atom stereocenters. The second kappa shape index (κ2) is 7.66. The lowest BCUT2D eigenvalue weighted by molar-refractivity contribution is 0.300. The fraction of sp³-hybridized carbons (Fsp3) is 0.733. The Kier molecular flexibility index (Phi) is 6.89. The predicted octanol–water partition coefficient (Wildman–Crippen LogP) is 5.11. The van der Waals surface area contributed by atoms with Crippen molar-refractivity contribution >= 4 is 27.3 Å². The fourth-order valence-corrected chi connectivity index (χ4v) is 3.45. The van der Waals surface area contributed by atoms with Gasteiger partial charge in [-0.2, -0.15) is 0 Å². The van der Waals surface area contributed by atoms with E-state index < -0.39 is 0 Å². The first-order valence-electron chi connectivity index (χ1n) is 6.83. The van der Waals surface area contributed by atoms with Gasteiger partial charge in [0.05, 0.1) is 0 Å². The topological polar surface area (TPSA) is 12.0 Å². The minimum atomic E-state index is 0.424. The first-order valence-corrected chi connectivity index (χ1v) is 8.50. The number of halogens is 1. The van der Waals surface area contributed by atoms with Crippen molar-refractivity contribution in [1.82, 2.24) is 5.32 Å². The molecule has 0 fully saturated rings. The van der Waals surface area contributed by atoms with Gasteiger partial charge in [-0.15, -0.1) is 11.3 Å². The predicted molar refractivity (Wildman–Crippen MR) is 86.4 cm³/mol. The summed E-state index contributed by atoms with van der Waals surface area (Å²) >= 11 is 5.47. The van der Waals surface area contributed by atoms with Gasteiger partial charge < -0.3 is 5.32 Å². The van der Waals surface area contributed by atoms with Gasteiger partial charge in [0.1, 0.15) is 0 Å². The van der Waals surface area contributed by atoms with Crippen LogP contribution in [0.25, 0.3) is 0 Å². The highest BCUT2D eigenvalue weighted by atomic mass is 79.9. The van der Waals surface area contributed by atoms with E-state index in [0.29, 0.717) is 5.41 Å². The van der Waals surface area contributed by atoms with E-state index in [-0.39, 0.29) is 0 Å². The number of hydrogen-bond acceptors (Lipinski definition) is 2. The molecule has 0 aromatic carbocycles. The standard InChI is InChI=1S/C15H26BrNS/c1-12(2)11-17-9-8-15(3,4)7-5-14-13(16)6-10-18-14/h6,10,12,17H,5,7-9,11H2,1-4H3. The summed E-state index contributed by atoms with van der Waals surface area (Å²) in [6.45, 7) is 11.5. The molecule has 104 valence electrons. The zero-order valence-corrected chi connectivity index (χ0v) is 14.5. The lowest BCUT2D eigenvalue weighted by Gasteiger charge is -2.25. The van der Waals surface area contributed by atoms with Crippen molar-refractivity contribution in [3.8, 4) is 0 Å². The van der Waals surface area contributed by atoms with E-state index in [1.54, 1.807) is 0 Å². The molecule has 0 bridgehead atoms. The van der Waals surface area contributed by atoms with Gasteiger partial charge in [-0.05, 0) is 71.1 Å². The van der Waals surface area contributed by atoms with Gasteiger partial charge in [0.15, 0.2) is 0 Å². The van der Waals surface area contributed by atoms with Gasteiger partial charge in [-0.1, -0.05) is 27.7 Å². The average Bonchev–Trinajstić information content (AvgIpc) is 2.68. The molecule has 0 aliphatic rings. The van der Waals surface area contributed by atoms with Crippen LogP contribution in [0, 0.1) is 11.3 Å². The summed E-state index contributed by atoms with van der Waals surface area (Å²) in [5.74, 6) is 0.746. The molecule has 0 saturated heterocycles. The summed E-state index contributed by atoms with van der Waals surface area (Å²) in [5, 5.41) is 5.70. The second-order valence-electron chi connectivity index (χ2n) is 6.20. The van der Waals surface area contributed by atoms with Crippen LogP contribution in [0.1, 0.15) is 45.4 Å². The van der Waals surface area contributed by atoms with Gasteiger partial charge in [-0.25, -0.2) is 0 Å². The highest BCUT2D eigenvalue weighted by Gasteiger charge is 2.18. The molecule has 3 heteroatoms. The minimum Gasteiger partial charge on any atom is -0.316 e. The molecule has 0 spiro atoms. The van der Waals surface area contributed by atoms with Gasteiger partial charge in [0.2, 0.25) is 0 Å². The normalized spacial score (nSPS) is 12.3. The van der Waals surface area contributed by atoms with E-state index in [2.05, 4.69) is 60.4 Å². The molecule has 0 saturated carbocycles. The van der Waals surface area contributed by atoms with Crippen molar-refractivity contribution in [2.45, 2.75) is 47.0 Å². The van der Waals surface area contributed by atoms with Crippen molar-refractivity contribution in [3.05, 3.63) is 20.8 Å². The van der Waals surface area contributed by atoms with E-state index in [9.17, 15) is 0 Å². The molecule has 18 heavy (non-hydrogen) atoms. The maximum Gasteiger partial charge on any atom is 0.0314 e. The first kappa shape index (κ1) is 16.2. The Bertz CT molecular complexity index is 344. The zero-order chi connectivity index (χ0) is 13.6. The molecule has 1 rings (SSSR count). The number of hydrogen-bond donors (Lipinski definition) is 1. The van der Waals surface area contributed by atoms with Crippen molar-refractivity contribution in [2.75, 3.05) is 13.1 Å². The van der Waals surface area contributed by atoms with Crippen LogP contribution < -0.4 is 5.32 Å². The SMILES string of the molecule is CC(C)CNCCC(C)(C)CCc1sccc1Br. The summed E-state index contributed by atoms with van der Waals surface area (Å²) in [6.07, 6.45) is 3.70. The third-order valence-corrected chi connectivity index (χ3v) is 5.24. The van der Waals surface area contributed by atoms with Crippen molar-refractivity contribution in [3.63, 3.8) is 0 Å². The van der Waals surface area contributed by atoms with Gasteiger partial charge in [0.25, 0.3) is 0 Å². The molecule has 0 atom stereocenters. The molecule has 1 heterocycles. The molecule has 1 aromatic heterocycles. The molecule has 1 N–H and O–H groups in total. The lowest BCUT2D eigenvalue weighted by atomic mass is 9.84. The summed E-state index contributed by atoms with van der Waals surface area (Å²) < 4.78 is 1.28. The van der Waals surface area contributed by atoms with Crippen LogP contribution in [0.2, 0.25) is 0 Å². The van der Waals surface area contributed by atoms with Crippen molar-refractivity contribution < 1.29 is 0 Å². The van der Waals surface area contributed by atoms with Crippen LogP contribution in [-0.4, -0.2) is 13.1 Å². The Labute approximate surface area is 125 Å². The minimum absolute atomic E-state index is 0.424. The quantitative estimate of drug-likeness (QED) is 0.653. The Hall–Kier alpha value is 0.140. The smallest absolute Gasteiger partial charge is 0.0314 e. The lowest BCUT2D eigenvalue weighted by Crippen LogP contribution is -2.25. The number of thiophene rings is 1. The molecule has 1 nitrogen and oxygen atoms in total. The van der Waals surface area contributed by atoms with E-state index in [0.717, 1.165) is 19.0 Å². The third kappa shape index (κ3) is 6.35. The number of nitrogens with one attached hydrogen (secondary N) is 1. The van der Waals surface area contributed by atoms with Gasteiger partial charge in [0, 0.05) is 9.35 Å². The van der Waals surface area contributed by atoms with Crippen LogP contribution in [0.4, 0.5) is 0 Å². The summed E-state index contributed by atoms with van der Waals surface area (Å²) in [5.41, 5.74) is 0.424. The summed E-state index contributed by atoms with van der Waals surface area (Å²) in [6, 6.07) is 2.15. The maximum atomic E-state index is 3.61. The highest BCUT2D eigenvalue weighted by molar-refractivity contribution is 9.10. The van der Waals surface area contributed by atoms with Crippen molar-refractivity contribution in [1.29, 1.82) is 0 Å². The largest absolute Gasteiger partial charge is 0.316 e. The van der Waals surface area contributed by atoms with E-state index in [1.165, 1.54) is 28.6 Å². The molecule has 0 amide bonds. The monoisotopic (exact) mass is 331 g/mol. The van der Waals surface area contributed by atoms with Crippen LogP contribution in [0.15, 0.2) is 15.9 Å². The molecule has 1 aromatic rings. The Morgan fingerprint density at radius 1 is 1.33 bits per heavy atom. The van der Waals surface area contributed by atoms with Gasteiger partial charge in [-0.3, -0.25) is 0 Å². The van der Waals surface area contributed by atoms with Crippen LogP contribution in [-0.2, 0) is 6.42 Å². The maximum absolute atomic E-state index is 3.61. The molecular formula is C15H26BrNS. The Balaban J connectivity index is 2.25. The molecular weight excluding hydrogens is 306 g/mol. The third-order valence-electron chi connectivity index (χ3n) is 3.25. The van der Waals surface area contributed by atoms with Crippen molar-refractivity contribution in [2.24, 2.45) is 11.3 Å². The summed E-state index contributed by atoms with van der Waals surface area (Å²) in [7, 11) is 0. The van der Waals surface area contributed by atoms with Crippen LogP contribution in [0.5, 0.6) is 0 Å². The fourth-order valence-electron chi connectivity index (χ4n) is 1.90. The second-order valence-corrected chi connectivity index (χ2v) is 8.06. The molecule has 0 aliphatic heterocycles. The Morgan fingerprint density at radius 2 is 2.06 bits per heavy atom. The Morgan fingerprint density at radius 3 is 2.61 bits per heavy atom. The van der Waals surface area contributed by atoms with Gasteiger partial charge >= 0.3 is 0 Å². The zero-order valence-electron chi connectivity index (χ0n) is 12.1. The molecule has 0 aliphatic carbocycles. The van der Waals surface area contributed by atoms with Crippen LogP contribution >= 0.6 is 27.3 Å². The average molecular weight is 332 g/mol. The number of rotatable bonds is 8. The molecule has 0 radical (unpaired) electrons. The number of aryl methyl sites for hydroxylation is 1. The van der Waals surface area contributed by atoms with Crippen LogP contribution in [0.3, 0.4) is 0 Å². The highest BCUT2D eigenvalue weighted by Crippen LogP contribution is 2.30. The van der Waals surface area contributed by atoms with E-state index >= 15 is 0 Å².